The zero-order valence-corrected chi connectivity index (χ0v) is 15.4. The fourth-order valence-corrected chi connectivity index (χ4v) is 4.46. The molecule has 0 aromatic heterocycles. The number of carbonyl (C=O) groups excluding carboxylic acids is 1. The summed E-state index contributed by atoms with van der Waals surface area (Å²) in [5, 5.41) is 0. The lowest BCUT2D eigenvalue weighted by molar-refractivity contribution is -0.144. The first-order valence-corrected chi connectivity index (χ1v) is 8.32. The number of piperazine rings is 1. The van der Waals surface area contributed by atoms with Crippen LogP contribution in [0.15, 0.2) is 0 Å². The first-order valence-electron chi connectivity index (χ1n) is 8.32. The molecule has 4 unspecified atom stereocenters. The number of hydrogen-bond donors (Lipinski definition) is 1. The Morgan fingerprint density at radius 1 is 1.14 bits per heavy atom. The maximum atomic E-state index is 13.0. The van der Waals surface area contributed by atoms with Crippen molar-refractivity contribution in [3.63, 3.8) is 0 Å². The molecule has 130 valence electrons. The van der Waals surface area contributed by atoms with Gasteiger partial charge in [0.25, 0.3) is 0 Å². The fraction of sp³-hybridized carbons (Fsp3) is 0.938. The smallest absolute Gasteiger partial charge is 0.227 e. The first-order chi connectivity index (χ1) is 9.49. The van der Waals surface area contributed by atoms with Gasteiger partial charge in [0.2, 0.25) is 5.91 Å². The number of amides is 1. The van der Waals surface area contributed by atoms with Gasteiger partial charge in [0.1, 0.15) is 0 Å². The van der Waals surface area contributed by atoms with Crippen molar-refractivity contribution in [2.75, 3.05) is 19.6 Å². The SMILES string of the molecule is CC1CN2CCCC2CN1C(=O)C1CCCCC1(C)N.Cl.Cl. The van der Waals surface area contributed by atoms with Crippen molar-refractivity contribution >= 4 is 30.7 Å². The third-order valence-electron chi connectivity index (χ3n) is 5.77. The molecule has 1 aliphatic carbocycles. The summed E-state index contributed by atoms with van der Waals surface area (Å²) in [5.41, 5.74) is 6.12. The molecule has 3 aliphatic rings. The third kappa shape index (κ3) is 3.72. The van der Waals surface area contributed by atoms with Crippen molar-refractivity contribution in [1.29, 1.82) is 0 Å². The van der Waals surface area contributed by atoms with Crippen LogP contribution in [-0.2, 0) is 4.79 Å². The van der Waals surface area contributed by atoms with Gasteiger partial charge in [-0.1, -0.05) is 12.8 Å². The summed E-state index contributed by atoms with van der Waals surface area (Å²) in [7, 11) is 0. The van der Waals surface area contributed by atoms with Crippen LogP contribution in [0.4, 0.5) is 0 Å². The van der Waals surface area contributed by atoms with Crippen LogP contribution >= 0.6 is 24.8 Å². The van der Waals surface area contributed by atoms with Crippen molar-refractivity contribution in [2.45, 2.75) is 70.0 Å². The molecule has 2 saturated heterocycles. The quantitative estimate of drug-likeness (QED) is 0.789. The topological polar surface area (TPSA) is 49.6 Å². The highest BCUT2D eigenvalue weighted by Gasteiger charge is 2.43. The molecule has 0 spiro atoms. The van der Waals surface area contributed by atoms with Crippen molar-refractivity contribution in [3.05, 3.63) is 0 Å². The molecule has 1 amide bonds. The minimum absolute atomic E-state index is 0. The zero-order chi connectivity index (χ0) is 14.3. The molecule has 0 bridgehead atoms. The molecule has 3 fully saturated rings. The highest BCUT2D eigenvalue weighted by molar-refractivity contribution is 5.85. The van der Waals surface area contributed by atoms with Crippen LogP contribution in [0.25, 0.3) is 0 Å². The Morgan fingerprint density at radius 2 is 1.86 bits per heavy atom. The van der Waals surface area contributed by atoms with Gasteiger partial charge in [-0.15, -0.1) is 24.8 Å². The van der Waals surface area contributed by atoms with Crippen molar-refractivity contribution in [2.24, 2.45) is 11.7 Å². The van der Waals surface area contributed by atoms with Gasteiger partial charge in [-0.3, -0.25) is 9.69 Å². The first kappa shape index (κ1) is 20.0. The van der Waals surface area contributed by atoms with E-state index >= 15 is 0 Å². The van der Waals surface area contributed by atoms with Crippen molar-refractivity contribution in [1.82, 2.24) is 9.80 Å². The van der Waals surface area contributed by atoms with Crippen LogP contribution in [0.3, 0.4) is 0 Å². The van der Waals surface area contributed by atoms with E-state index in [9.17, 15) is 4.79 Å². The van der Waals surface area contributed by atoms with Gasteiger partial charge in [0.05, 0.1) is 5.92 Å². The zero-order valence-electron chi connectivity index (χ0n) is 13.8. The lowest BCUT2D eigenvalue weighted by Crippen LogP contribution is -2.61. The summed E-state index contributed by atoms with van der Waals surface area (Å²) in [4.78, 5) is 17.7. The second-order valence-electron chi connectivity index (χ2n) is 7.43. The highest BCUT2D eigenvalue weighted by atomic mass is 35.5. The largest absolute Gasteiger partial charge is 0.337 e. The predicted octanol–water partition coefficient (Wildman–Crippen LogP) is 2.43. The van der Waals surface area contributed by atoms with E-state index in [0.29, 0.717) is 18.0 Å². The van der Waals surface area contributed by atoms with Crippen LogP contribution in [-0.4, -0.2) is 53.0 Å². The Kier molecular flexibility index (Phi) is 7.00. The summed E-state index contributed by atoms with van der Waals surface area (Å²) < 4.78 is 0. The predicted molar refractivity (Wildman–Crippen MR) is 94.8 cm³/mol. The molecule has 1 saturated carbocycles. The molecular formula is C16H31Cl2N3O. The summed E-state index contributed by atoms with van der Waals surface area (Å²) in [6, 6.07) is 0.942. The Morgan fingerprint density at radius 3 is 2.55 bits per heavy atom. The second kappa shape index (κ2) is 7.69. The molecule has 2 aliphatic heterocycles. The van der Waals surface area contributed by atoms with Crippen LogP contribution in [0.1, 0.15) is 52.4 Å². The number of carbonyl (C=O) groups is 1. The molecule has 4 nitrogen and oxygen atoms in total. The van der Waals surface area contributed by atoms with Gasteiger partial charge in [-0.2, -0.15) is 0 Å². The average Bonchev–Trinajstić information content (AvgIpc) is 2.83. The molecule has 0 radical (unpaired) electrons. The van der Waals surface area contributed by atoms with E-state index in [2.05, 4.69) is 23.6 Å². The van der Waals surface area contributed by atoms with E-state index in [1.165, 1.54) is 25.8 Å². The molecule has 3 rings (SSSR count). The third-order valence-corrected chi connectivity index (χ3v) is 5.77. The Hall–Kier alpha value is -0.0300. The summed E-state index contributed by atoms with van der Waals surface area (Å²) >= 11 is 0. The summed E-state index contributed by atoms with van der Waals surface area (Å²) in [6.45, 7) is 7.46. The standard InChI is InChI=1S/C16H29N3O.2ClH/c1-12-10-18-9-5-6-13(18)11-19(12)15(20)14-7-3-4-8-16(14,2)17;;/h12-14H,3-11,17H2,1-2H3;2*1H. The lowest BCUT2D eigenvalue weighted by atomic mass is 9.73. The Labute approximate surface area is 147 Å². The number of nitrogens with two attached hydrogens (primary N) is 1. The Bertz CT molecular complexity index is 392. The Balaban J connectivity index is 0.00000121. The molecule has 4 atom stereocenters. The second-order valence-corrected chi connectivity index (χ2v) is 7.43. The maximum absolute atomic E-state index is 13.0. The fourth-order valence-electron chi connectivity index (χ4n) is 4.46. The van der Waals surface area contributed by atoms with Gasteiger partial charge < -0.3 is 10.6 Å². The minimum atomic E-state index is -0.304. The number of rotatable bonds is 1. The monoisotopic (exact) mass is 351 g/mol. The van der Waals surface area contributed by atoms with Gasteiger partial charge in [0, 0.05) is 30.7 Å². The number of halogens is 2. The molecule has 2 N–H and O–H groups in total. The van der Waals surface area contributed by atoms with Crippen LogP contribution in [0.2, 0.25) is 0 Å². The van der Waals surface area contributed by atoms with E-state index < -0.39 is 0 Å². The van der Waals surface area contributed by atoms with Gasteiger partial charge in [0.15, 0.2) is 0 Å². The summed E-state index contributed by atoms with van der Waals surface area (Å²) in [6.07, 6.45) is 6.83. The van der Waals surface area contributed by atoms with Crippen molar-refractivity contribution < 1.29 is 4.79 Å². The number of fused-ring (bicyclic) bond motifs is 1. The molecule has 22 heavy (non-hydrogen) atoms. The normalized spacial score (nSPS) is 38.7. The van der Waals surface area contributed by atoms with E-state index in [0.717, 1.165) is 32.4 Å². The van der Waals surface area contributed by atoms with Crippen LogP contribution in [0.5, 0.6) is 0 Å². The number of nitrogens with zero attached hydrogens (tertiary/aromatic N) is 2. The summed E-state index contributed by atoms with van der Waals surface area (Å²) in [5.74, 6) is 0.361. The lowest BCUT2D eigenvalue weighted by Gasteiger charge is -2.46. The molecule has 0 aromatic rings. The molecular weight excluding hydrogens is 321 g/mol. The van der Waals surface area contributed by atoms with E-state index in [4.69, 9.17) is 5.73 Å². The number of hydrogen-bond acceptors (Lipinski definition) is 3. The molecule has 2 heterocycles. The van der Waals surface area contributed by atoms with E-state index in [1.54, 1.807) is 0 Å². The van der Waals surface area contributed by atoms with E-state index in [-0.39, 0.29) is 36.3 Å². The van der Waals surface area contributed by atoms with Gasteiger partial charge in [-0.25, -0.2) is 0 Å². The maximum Gasteiger partial charge on any atom is 0.227 e. The van der Waals surface area contributed by atoms with Crippen LogP contribution in [0, 0.1) is 5.92 Å². The van der Waals surface area contributed by atoms with Gasteiger partial charge in [-0.05, 0) is 46.1 Å². The molecule has 6 heteroatoms. The minimum Gasteiger partial charge on any atom is -0.337 e. The van der Waals surface area contributed by atoms with Crippen molar-refractivity contribution in [3.8, 4) is 0 Å². The highest BCUT2D eigenvalue weighted by Crippen LogP contribution is 2.35. The van der Waals surface area contributed by atoms with E-state index in [1.807, 2.05) is 0 Å². The molecule has 0 aromatic carbocycles. The average molecular weight is 352 g/mol. The van der Waals surface area contributed by atoms with Gasteiger partial charge >= 0.3 is 0 Å². The van der Waals surface area contributed by atoms with Crippen LogP contribution < -0.4 is 5.73 Å².